The van der Waals surface area contributed by atoms with Gasteiger partial charge in [-0.2, -0.15) is 0 Å². The Balaban J connectivity index is 1.68. The number of allylic oxidation sites excluding steroid dienone is 1. The Morgan fingerprint density at radius 2 is 1.70 bits per heavy atom. The third kappa shape index (κ3) is 2.35. The van der Waals surface area contributed by atoms with Crippen LogP contribution in [0.1, 0.15) is 25.6 Å². The molecule has 1 N–H and O–H groups in total. The predicted molar refractivity (Wildman–Crippen MR) is 79.2 cm³/mol. The molecule has 0 aliphatic heterocycles. The Hall–Kier alpha value is -2.04. The number of Topliss-reactive ketones (excluding diaryl/α,β-unsaturated/α-hetero) is 2. The van der Waals surface area contributed by atoms with E-state index in [1.807, 2.05) is 17.5 Å². The molecule has 20 heavy (non-hydrogen) atoms. The quantitative estimate of drug-likeness (QED) is 0.533. The van der Waals surface area contributed by atoms with E-state index in [9.17, 15) is 9.59 Å². The zero-order chi connectivity index (χ0) is 13.9. The molecule has 1 aliphatic rings. The summed E-state index contributed by atoms with van der Waals surface area (Å²) in [5.41, 5.74) is 1.31. The highest BCUT2D eigenvalue weighted by Gasteiger charge is 2.31. The number of ketones is 2. The Kier molecular flexibility index (Phi) is 3.58. The molecule has 3 rings (SSSR count). The highest BCUT2D eigenvalue weighted by Crippen LogP contribution is 2.25. The topological polar surface area (TPSA) is 46.2 Å². The van der Waals surface area contributed by atoms with Crippen molar-refractivity contribution in [3.8, 4) is 0 Å². The van der Waals surface area contributed by atoms with E-state index >= 15 is 0 Å². The van der Waals surface area contributed by atoms with E-state index in [0.29, 0.717) is 17.7 Å². The molecule has 0 radical (unpaired) electrons. The molecule has 0 amide bonds. The smallest absolute Gasteiger partial charge is 0.197 e. The minimum Gasteiger partial charge on any atom is -0.308 e. The fraction of sp³-hybridized carbons (Fsp3) is 0.125. The maximum absolute atomic E-state index is 12.1. The van der Waals surface area contributed by atoms with Crippen LogP contribution in [0.15, 0.2) is 53.4 Å². The second-order valence-corrected chi connectivity index (χ2v) is 5.56. The normalized spacial score (nSPS) is 13.7. The largest absolute Gasteiger partial charge is 0.308 e. The minimum atomic E-state index is -0.163. The summed E-state index contributed by atoms with van der Waals surface area (Å²) in [7, 11) is 0. The van der Waals surface area contributed by atoms with Crippen molar-refractivity contribution in [1.29, 1.82) is 0 Å². The first-order valence-corrected chi connectivity index (χ1v) is 7.27. The van der Waals surface area contributed by atoms with E-state index < -0.39 is 0 Å². The second kappa shape index (κ2) is 5.53. The summed E-state index contributed by atoms with van der Waals surface area (Å²) in [5.74, 6) is -0.327. The van der Waals surface area contributed by atoms with Gasteiger partial charge in [0.1, 0.15) is 0 Å². The van der Waals surface area contributed by atoms with Gasteiger partial charge in [-0.1, -0.05) is 36.4 Å². The maximum atomic E-state index is 12.1. The Morgan fingerprint density at radius 1 is 1.00 bits per heavy atom. The summed E-state index contributed by atoms with van der Waals surface area (Å²) in [4.78, 5) is 25.5. The van der Waals surface area contributed by atoms with Gasteiger partial charge in [0.25, 0.3) is 0 Å². The van der Waals surface area contributed by atoms with E-state index in [1.54, 1.807) is 41.7 Å². The zero-order valence-electron chi connectivity index (χ0n) is 10.8. The molecular formula is C16H13NO2S. The highest BCUT2D eigenvalue weighted by atomic mass is 32.1. The lowest BCUT2D eigenvalue weighted by Gasteiger charge is -1.99. The lowest BCUT2D eigenvalue weighted by atomic mass is 10.1. The molecule has 0 fully saturated rings. The molecule has 100 valence electrons. The molecular weight excluding hydrogens is 270 g/mol. The average molecular weight is 283 g/mol. The summed E-state index contributed by atoms with van der Waals surface area (Å²) in [5, 5.41) is 5.24. The van der Waals surface area contributed by atoms with Gasteiger partial charge in [0, 0.05) is 29.1 Å². The van der Waals surface area contributed by atoms with Gasteiger partial charge in [0.05, 0.1) is 5.57 Å². The molecule has 4 heteroatoms. The van der Waals surface area contributed by atoms with Gasteiger partial charge in [-0.15, -0.1) is 11.3 Å². The van der Waals surface area contributed by atoms with E-state index in [1.165, 1.54) is 4.88 Å². The SMILES string of the molecule is O=C1C(=CCNCc2cccs2)C(=O)c2ccccc21. The van der Waals surface area contributed by atoms with Gasteiger partial charge in [0.2, 0.25) is 0 Å². The molecule has 1 heterocycles. The van der Waals surface area contributed by atoms with Gasteiger partial charge in [-0.05, 0) is 11.4 Å². The molecule has 0 atom stereocenters. The lowest BCUT2D eigenvalue weighted by molar-refractivity contribution is 0.0988. The number of thiophene rings is 1. The third-order valence-electron chi connectivity index (χ3n) is 3.24. The van der Waals surface area contributed by atoms with Crippen LogP contribution in [-0.4, -0.2) is 18.1 Å². The highest BCUT2D eigenvalue weighted by molar-refractivity contribution is 7.09. The lowest BCUT2D eigenvalue weighted by Crippen LogP contribution is -2.14. The van der Waals surface area contributed by atoms with Crippen molar-refractivity contribution in [2.75, 3.05) is 6.54 Å². The monoisotopic (exact) mass is 283 g/mol. The molecule has 1 aliphatic carbocycles. The number of hydrogen-bond donors (Lipinski definition) is 1. The first-order chi connectivity index (χ1) is 9.77. The van der Waals surface area contributed by atoms with Crippen molar-refractivity contribution < 1.29 is 9.59 Å². The number of carbonyl (C=O) groups is 2. The molecule has 0 unspecified atom stereocenters. The molecule has 0 saturated heterocycles. The van der Waals surface area contributed by atoms with E-state index in [2.05, 4.69) is 5.32 Å². The molecule has 2 aromatic rings. The average Bonchev–Trinajstić information content (AvgIpc) is 3.06. The minimum absolute atomic E-state index is 0.163. The van der Waals surface area contributed by atoms with Crippen LogP contribution >= 0.6 is 11.3 Å². The van der Waals surface area contributed by atoms with Crippen molar-refractivity contribution in [3.63, 3.8) is 0 Å². The van der Waals surface area contributed by atoms with Crippen LogP contribution in [0, 0.1) is 0 Å². The van der Waals surface area contributed by atoms with Crippen molar-refractivity contribution in [2.45, 2.75) is 6.54 Å². The number of hydrogen-bond acceptors (Lipinski definition) is 4. The van der Waals surface area contributed by atoms with E-state index in [0.717, 1.165) is 6.54 Å². The molecule has 0 spiro atoms. The molecule has 1 aromatic carbocycles. The van der Waals surface area contributed by atoms with Gasteiger partial charge < -0.3 is 5.32 Å². The van der Waals surface area contributed by atoms with Crippen molar-refractivity contribution in [3.05, 3.63) is 69.4 Å². The van der Waals surface area contributed by atoms with Crippen molar-refractivity contribution in [1.82, 2.24) is 5.32 Å². The van der Waals surface area contributed by atoms with Crippen LogP contribution in [0.25, 0.3) is 0 Å². The number of carbonyl (C=O) groups excluding carboxylic acids is 2. The molecule has 0 bridgehead atoms. The van der Waals surface area contributed by atoms with Gasteiger partial charge in [-0.25, -0.2) is 0 Å². The van der Waals surface area contributed by atoms with E-state index in [4.69, 9.17) is 0 Å². The first-order valence-electron chi connectivity index (χ1n) is 6.39. The summed E-state index contributed by atoms with van der Waals surface area (Å²) < 4.78 is 0. The standard InChI is InChI=1S/C16H13NO2S/c18-15-12-5-1-2-6-13(12)16(19)14(15)7-8-17-10-11-4-3-9-20-11/h1-7,9,17H,8,10H2. The van der Waals surface area contributed by atoms with Crippen LogP contribution < -0.4 is 5.32 Å². The van der Waals surface area contributed by atoms with Crippen LogP contribution in [0.4, 0.5) is 0 Å². The predicted octanol–water partition coefficient (Wildman–Crippen LogP) is 2.84. The van der Waals surface area contributed by atoms with Crippen LogP contribution in [0.3, 0.4) is 0 Å². The summed E-state index contributed by atoms with van der Waals surface area (Å²) in [6.07, 6.45) is 1.69. The number of fused-ring (bicyclic) bond motifs is 1. The fourth-order valence-electron chi connectivity index (χ4n) is 2.24. The summed E-state index contributed by atoms with van der Waals surface area (Å²) in [6.45, 7) is 1.26. The Labute approximate surface area is 120 Å². The number of benzene rings is 1. The fourth-order valence-corrected chi connectivity index (χ4v) is 2.92. The Morgan fingerprint density at radius 3 is 2.30 bits per heavy atom. The van der Waals surface area contributed by atoms with Crippen molar-refractivity contribution in [2.24, 2.45) is 0 Å². The third-order valence-corrected chi connectivity index (χ3v) is 4.11. The maximum Gasteiger partial charge on any atom is 0.197 e. The summed E-state index contributed by atoms with van der Waals surface area (Å²) in [6, 6.07) is 11.0. The number of nitrogens with one attached hydrogen (secondary N) is 1. The van der Waals surface area contributed by atoms with Crippen LogP contribution in [-0.2, 0) is 6.54 Å². The molecule has 3 nitrogen and oxygen atoms in total. The zero-order valence-corrected chi connectivity index (χ0v) is 11.6. The van der Waals surface area contributed by atoms with Crippen LogP contribution in [0.2, 0.25) is 0 Å². The number of rotatable bonds is 4. The van der Waals surface area contributed by atoms with Crippen molar-refractivity contribution >= 4 is 22.9 Å². The first kappa shape index (κ1) is 13.0. The van der Waals surface area contributed by atoms with Gasteiger partial charge in [0.15, 0.2) is 11.6 Å². The van der Waals surface area contributed by atoms with Gasteiger partial charge in [-0.3, -0.25) is 9.59 Å². The molecule has 0 saturated carbocycles. The van der Waals surface area contributed by atoms with Gasteiger partial charge >= 0.3 is 0 Å². The summed E-state index contributed by atoms with van der Waals surface area (Å²) >= 11 is 1.68. The molecule has 1 aromatic heterocycles. The van der Waals surface area contributed by atoms with Crippen LogP contribution in [0.5, 0.6) is 0 Å². The second-order valence-electron chi connectivity index (χ2n) is 4.53. The Bertz CT molecular complexity index is 649. The van der Waals surface area contributed by atoms with E-state index in [-0.39, 0.29) is 17.1 Å².